The summed E-state index contributed by atoms with van der Waals surface area (Å²) in [5.41, 5.74) is 5.21. The zero-order chi connectivity index (χ0) is 18.1. The zero-order valence-electron chi connectivity index (χ0n) is 14.3. The number of amides is 2. The van der Waals surface area contributed by atoms with Crippen molar-refractivity contribution < 1.29 is 19.1 Å². The summed E-state index contributed by atoms with van der Waals surface area (Å²) < 4.78 is 10.8. The van der Waals surface area contributed by atoms with E-state index in [1.807, 2.05) is 24.4 Å². The third-order valence-corrected chi connectivity index (χ3v) is 4.32. The third kappa shape index (κ3) is 5.79. The molecule has 0 saturated heterocycles. The first kappa shape index (κ1) is 18.8. The summed E-state index contributed by atoms with van der Waals surface area (Å²) in [7, 11) is 1.52. The molecule has 0 bridgehead atoms. The molecule has 0 aliphatic heterocycles. The Morgan fingerprint density at radius 2 is 2.00 bits per heavy atom. The number of nitrogens with one attached hydrogen (secondary N) is 2. The van der Waals surface area contributed by atoms with E-state index in [9.17, 15) is 9.59 Å². The Balaban J connectivity index is 1.86. The fraction of sp³-hybridized carbons (Fsp3) is 0.333. The van der Waals surface area contributed by atoms with E-state index in [-0.39, 0.29) is 5.91 Å². The summed E-state index contributed by atoms with van der Waals surface area (Å²) in [6.45, 7) is 2.58. The summed E-state index contributed by atoms with van der Waals surface area (Å²) >= 11 is 1.60. The molecule has 1 aromatic carbocycles. The monoisotopic (exact) mass is 362 g/mol. The highest BCUT2D eigenvalue weighted by molar-refractivity contribution is 7.09. The molecular weight excluding hydrogens is 340 g/mol. The number of carbonyl (C=O) groups is 2. The average Bonchev–Trinajstić information content (AvgIpc) is 3.16. The molecule has 0 aliphatic rings. The van der Waals surface area contributed by atoms with E-state index in [4.69, 9.17) is 9.47 Å². The lowest BCUT2D eigenvalue weighted by Crippen LogP contribution is -2.41. The van der Waals surface area contributed by atoms with Gasteiger partial charge in [0.2, 0.25) is 5.91 Å². The van der Waals surface area contributed by atoms with Crippen LogP contribution in [0.3, 0.4) is 0 Å². The van der Waals surface area contributed by atoms with Crippen LogP contribution in [0.25, 0.3) is 0 Å². The molecule has 0 aliphatic carbocycles. The van der Waals surface area contributed by atoms with Crippen molar-refractivity contribution in [1.29, 1.82) is 0 Å². The molecule has 1 heterocycles. The number of thiophene rings is 1. The quantitative estimate of drug-likeness (QED) is 0.708. The molecular formula is C18H22N2O4S. The Labute approximate surface area is 151 Å². The van der Waals surface area contributed by atoms with Gasteiger partial charge >= 0.3 is 0 Å². The largest absolute Gasteiger partial charge is 0.493 e. The summed E-state index contributed by atoms with van der Waals surface area (Å²) in [5.74, 6) is 0.410. The molecule has 25 heavy (non-hydrogen) atoms. The summed E-state index contributed by atoms with van der Waals surface area (Å²) in [4.78, 5) is 25.1. The molecule has 2 rings (SSSR count). The summed E-state index contributed by atoms with van der Waals surface area (Å²) in [6.07, 6.45) is 1.84. The van der Waals surface area contributed by atoms with Crippen LogP contribution < -0.4 is 20.3 Å². The lowest BCUT2D eigenvalue weighted by atomic mass is 10.2. The minimum Gasteiger partial charge on any atom is -0.493 e. The van der Waals surface area contributed by atoms with Crippen LogP contribution in [-0.4, -0.2) is 25.5 Å². The van der Waals surface area contributed by atoms with Gasteiger partial charge in [0.1, 0.15) is 0 Å². The molecule has 2 aromatic rings. The van der Waals surface area contributed by atoms with Gasteiger partial charge in [-0.1, -0.05) is 13.0 Å². The number of hydrogen-bond donors (Lipinski definition) is 2. The number of benzene rings is 1. The number of aryl methyl sites for hydroxylation is 1. The number of carbonyl (C=O) groups excluding carboxylic acids is 2. The molecule has 7 heteroatoms. The van der Waals surface area contributed by atoms with Crippen LogP contribution in [-0.2, 0) is 11.2 Å². The molecule has 2 N–H and O–H groups in total. The molecule has 0 radical (unpaired) electrons. The number of hydrazine groups is 1. The molecule has 0 spiro atoms. The molecule has 0 unspecified atom stereocenters. The van der Waals surface area contributed by atoms with E-state index in [0.29, 0.717) is 36.5 Å². The van der Waals surface area contributed by atoms with Gasteiger partial charge in [0.05, 0.1) is 13.7 Å². The SMILES string of the molecule is CCCOc1ccc(C(=O)NNC(=O)CCc2cccs2)cc1OC. The van der Waals surface area contributed by atoms with Crippen molar-refractivity contribution in [2.45, 2.75) is 26.2 Å². The number of methoxy groups -OCH3 is 1. The third-order valence-electron chi connectivity index (χ3n) is 3.38. The first-order valence-electron chi connectivity index (χ1n) is 8.06. The second-order valence-electron chi connectivity index (χ2n) is 5.30. The second kappa shape index (κ2) is 9.68. The molecule has 0 fully saturated rings. The first-order valence-corrected chi connectivity index (χ1v) is 8.94. The smallest absolute Gasteiger partial charge is 0.269 e. The maximum absolute atomic E-state index is 12.2. The zero-order valence-corrected chi connectivity index (χ0v) is 15.2. The molecule has 134 valence electrons. The maximum atomic E-state index is 12.2. The summed E-state index contributed by atoms with van der Waals surface area (Å²) in [5, 5.41) is 1.97. The van der Waals surface area contributed by atoms with E-state index in [1.54, 1.807) is 29.5 Å². The molecule has 0 saturated carbocycles. The summed E-state index contributed by atoms with van der Waals surface area (Å²) in [6, 6.07) is 8.81. The van der Waals surface area contributed by atoms with E-state index in [1.165, 1.54) is 7.11 Å². The van der Waals surface area contributed by atoms with Crippen molar-refractivity contribution in [3.8, 4) is 11.5 Å². The average molecular weight is 362 g/mol. The van der Waals surface area contributed by atoms with Gasteiger partial charge in [-0.05, 0) is 42.5 Å². The van der Waals surface area contributed by atoms with Crippen LogP contribution >= 0.6 is 11.3 Å². The second-order valence-corrected chi connectivity index (χ2v) is 6.33. The minimum atomic E-state index is -0.412. The van der Waals surface area contributed by atoms with Crippen molar-refractivity contribution >= 4 is 23.2 Å². The van der Waals surface area contributed by atoms with Gasteiger partial charge in [-0.25, -0.2) is 0 Å². The molecule has 0 atom stereocenters. The minimum absolute atomic E-state index is 0.239. The highest BCUT2D eigenvalue weighted by Crippen LogP contribution is 2.28. The van der Waals surface area contributed by atoms with Gasteiger partial charge in [0.25, 0.3) is 5.91 Å². The van der Waals surface area contributed by atoms with Crippen LogP contribution in [0, 0.1) is 0 Å². The Kier molecular flexibility index (Phi) is 7.28. The van der Waals surface area contributed by atoms with Gasteiger partial charge in [-0.3, -0.25) is 20.4 Å². The van der Waals surface area contributed by atoms with Gasteiger partial charge in [0, 0.05) is 16.9 Å². The normalized spacial score (nSPS) is 10.2. The van der Waals surface area contributed by atoms with Crippen molar-refractivity contribution in [1.82, 2.24) is 10.9 Å². The molecule has 1 aromatic heterocycles. The van der Waals surface area contributed by atoms with Crippen LogP contribution in [0.15, 0.2) is 35.7 Å². The van der Waals surface area contributed by atoms with Crippen LogP contribution in [0.1, 0.15) is 35.0 Å². The fourth-order valence-electron chi connectivity index (χ4n) is 2.09. The Bertz CT molecular complexity index is 701. The van der Waals surface area contributed by atoms with Crippen LogP contribution in [0.4, 0.5) is 0 Å². The predicted molar refractivity (Wildman–Crippen MR) is 97.0 cm³/mol. The molecule has 2 amide bonds. The molecule has 6 nitrogen and oxygen atoms in total. The highest BCUT2D eigenvalue weighted by Gasteiger charge is 2.12. The Morgan fingerprint density at radius 1 is 1.16 bits per heavy atom. The lowest BCUT2D eigenvalue weighted by molar-refractivity contribution is -0.121. The highest BCUT2D eigenvalue weighted by atomic mass is 32.1. The van der Waals surface area contributed by atoms with Gasteiger partial charge in [0.15, 0.2) is 11.5 Å². The van der Waals surface area contributed by atoms with Crippen molar-refractivity contribution in [2.24, 2.45) is 0 Å². The number of hydrogen-bond acceptors (Lipinski definition) is 5. The van der Waals surface area contributed by atoms with Crippen LogP contribution in [0.2, 0.25) is 0 Å². The first-order chi connectivity index (χ1) is 12.1. The van der Waals surface area contributed by atoms with Crippen molar-refractivity contribution in [2.75, 3.05) is 13.7 Å². The Hall–Kier alpha value is -2.54. The van der Waals surface area contributed by atoms with Crippen LogP contribution in [0.5, 0.6) is 11.5 Å². The lowest BCUT2D eigenvalue weighted by Gasteiger charge is -2.12. The topological polar surface area (TPSA) is 76.7 Å². The number of ether oxygens (including phenoxy) is 2. The van der Waals surface area contributed by atoms with E-state index in [2.05, 4.69) is 10.9 Å². The van der Waals surface area contributed by atoms with Crippen molar-refractivity contribution in [3.63, 3.8) is 0 Å². The van der Waals surface area contributed by atoms with Gasteiger partial charge < -0.3 is 9.47 Å². The van der Waals surface area contributed by atoms with Gasteiger partial charge in [-0.15, -0.1) is 11.3 Å². The van der Waals surface area contributed by atoms with Crippen molar-refractivity contribution in [3.05, 3.63) is 46.2 Å². The van der Waals surface area contributed by atoms with E-state index < -0.39 is 5.91 Å². The van der Waals surface area contributed by atoms with Gasteiger partial charge in [-0.2, -0.15) is 0 Å². The Morgan fingerprint density at radius 3 is 2.68 bits per heavy atom. The van der Waals surface area contributed by atoms with E-state index >= 15 is 0 Å². The predicted octanol–water partition coefficient (Wildman–Crippen LogP) is 2.94. The number of rotatable bonds is 8. The fourth-order valence-corrected chi connectivity index (χ4v) is 2.80. The maximum Gasteiger partial charge on any atom is 0.269 e. The standard InChI is InChI=1S/C18H22N2O4S/c1-3-10-24-15-8-6-13(12-16(15)23-2)18(22)20-19-17(21)9-7-14-5-4-11-25-14/h4-6,8,11-12H,3,7,9-10H2,1-2H3,(H,19,21)(H,20,22). The van der Waals surface area contributed by atoms with E-state index in [0.717, 1.165) is 11.3 Å².